The Labute approximate surface area is 204 Å². The molecule has 1 aromatic heterocycles. The van der Waals surface area contributed by atoms with Gasteiger partial charge in [0.15, 0.2) is 11.0 Å². The lowest BCUT2D eigenvalue weighted by Crippen LogP contribution is -2.45. The Balaban J connectivity index is 1.58. The maximum Gasteiger partial charge on any atom is 0.244 e. The predicted molar refractivity (Wildman–Crippen MR) is 137 cm³/mol. The molecule has 2 heterocycles. The number of nitrogens with one attached hydrogen (secondary N) is 1. The number of anilines is 2. The molecular formula is C26H29N5O2S. The molecule has 4 rings (SSSR count). The number of nitrogens with zero attached hydrogens (tertiary/aromatic N) is 4. The van der Waals surface area contributed by atoms with Crippen LogP contribution in [0.25, 0.3) is 11.4 Å². The van der Waals surface area contributed by atoms with Gasteiger partial charge in [0, 0.05) is 12.1 Å². The number of benzene rings is 2. The zero-order valence-electron chi connectivity index (χ0n) is 19.9. The first-order valence-electron chi connectivity index (χ1n) is 11.2. The van der Waals surface area contributed by atoms with Gasteiger partial charge in [0.25, 0.3) is 0 Å². The summed E-state index contributed by atoms with van der Waals surface area (Å²) in [5.41, 5.74) is 3.60. The van der Waals surface area contributed by atoms with E-state index in [0.29, 0.717) is 23.1 Å². The summed E-state index contributed by atoms with van der Waals surface area (Å²) < 4.78 is 1.96. The normalized spacial score (nSPS) is 14.4. The van der Waals surface area contributed by atoms with Crippen molar-refractivity contribution in [2.75, 3.05) is 16.8 Å². The van der Waals surface area contributed by atoms with E-state index >= 15 is 0 Å². The monoisotopic (exact) mass is 475 g/mol. The molecule has 176 valence electrons. The van der Waals surface area contributed by atoms with Crippen molar-refractivity contribution in [2.45, 2.75) is 50.1 Å². The molecule has 0 spiro atoms. The molecule has 1 aliphatic heterocycles. The molecule has 0 fully saturated rings. The van der Waals surface area contributed by atoms with Crippen LogP contribution in [-0.2, 0) is 21.5 Å². The lowest BCUT2D eigenvalue weighted by atomic mass is 9.87. The van der Waals surface area contributed by atoms with Gasteiger partial charge in [-0.1, -0.05) is 75.0 Å². The topological polar surface area (TPSA) is 80.1 Å². The Kier molecular flexibility index (Phi) is 6.61. The summed E-state index contributed by atoms with van der Waals surface area (Å²) in [6.07, 6.45) is 1.79. The van der Waals surface area contributed by atoms with Crippen molar-refractivity contribution in [1.82, 2.24) is 14.8 Å². The van der Waals surface area contributed by atoms with Crippen molar-refractivity contribution in [3.8, 4) is 11.4 Å². The van der Waals surface area contributed by atoms with Crippen molar-refractivity contribution >= 4 is 35.0 Å². The van der Waals surface area contributed by atoms with Gasteiger partial charge in [0.1, 0.15) is 6.54 Å². The number of rotatable bonds is 6. The highest BCUT2D eigenvalue weighted by atomic mass is 32.2. The highest BCUT2D eigenvalue weighted by Gasteiger charge is 2.31. The van der Waals surface area contributed by atoms with E-state index < -0.39 is 5.25 Å². The molecular weight excluding hydrogens is 446 g/mol. The van der Waals surface area contributed by atoms with Gasteiger partial charge in [-0.2, -0.15) is 0 Å². The molecule has 0 saturated heterocycles. The van der Waals surface area contributed by atoms with Crippen LogP contribution in [0.2, 0.25) is 0 Å². The summed E-state index contributed by atoms with van der Waals surface area (Å²) in [7, 11) is 0. The number of hydrogen-bond donors (Lipinski definition) is 1. The van der Waals surface area contributed by atoms with E-state index in [4.69, 9.17) is 0 Å². The van der Waals surface area contributed by atoms with Gasteiger partial charge in [-0.25, -0.2) is 0 Å². The van der Waals surface area contributed by atoms with Gasteiger partial charge < -0.3 is 5.32 Å². The molecule has 3 aromatic rings. The summed E-state index contributed by atoms with van der Waals surface area (Å²) in [6.45, 7) is 12.7. The second-order valence-electron chi connectivity index (χ2n) is 9.28. The fourth-order valence-electron chi connectivity index (χ4n) is 3.86. The van der Waals surface area contributed by atoms with Crippen molar-refractivity contribution < 1.29 is 9.59 Å². The summed E-state index contributed by atoms with van der Waals surface area (Å²) in [6, 6.07) is 15.6. The first kappa shape index (κ1) is 23.8. The first-order valence-corrected chi connectivity index (χ1v) is 12.1. The number of para-hydroxylation sites is 2. The van der Waals surface area contributed by atoms with Crippen LogP contribution >= 0.6 is 11.8 Å². The van der Waals surface area contributed by atoms with Crippen LogP contribution in [0, 0.1) is 0 Å². The minimum absolute atomic E-state index is 0.00846. The third-order valence-electron chi connectivity index (χ3n) is 5.70. The number of carbonyl (C=O) groups is 2. The van der Waals surface area contributed by atoms with E-state index in [9.17, 15) is 9.59 Å². The van der Waals surface area contributed by atoms with Gasteiger partial charge >= 0.3 is 0 Å². The van der Waals surface area contributed by atoms with Crippen LogP contribution < -0.4 is 10.2 Å². The highest BCUT2D eigenvalue weighted by molar-refractivity contribution is 8.00. The highest BCUT2D eigenvalue weighted by Crippen LogP contribution is 2.33. The Morgan fingerprint density at radius 2 is 1.88 bits per heavy atom. The molecule has 1 aliphatic rings. The maximum absolute atomic E-state index is 13.3. The van der Waals surface area contributed by atoms with Gasteiger partial charge in [-0.15, -0.1) is 16.8 Å². The van der Waals surface area contributed by atoms with E-state index in [2.05, 4.69) is 67.1 Å². The quantitative estimate of drug-likeness (QED) is 0.405. The molecule has 1 atom stereocenters. The largest absolute Gasteiger partial charge is 0.323 e. The summed E-state index contributed by atoms with van der Waals surface area (Å²) in [4.78, 5) is 27.0. The average Bonchev–Trinajstić information content (AvgIpc) is 3.19. The second kappa shape index (κ2) is 9.46. The zero-order chi connectivity index (χ0) is 24.5. The zero-order valence-corrected chi connectivity index (χ0v) is 20.7. The number of aromatic nitrogens is 3. The van der Waals surface area contributed by atoms with Crippen LogP contribution in [0.4, 0.5) is 11.4 Å². The number of fused-ring (bicyclic) bond motifs is 1. The standard InChI is InChI=1S/C26H29N5O2S/c1-6-15-30-23(18-11-13-19(14-12-18)26(3,4)5)28-29-25(30)34-17(2)24(33)31-16-22(32)27-20-9-7-8-10-21(20)31/h6-14,17H,1,15-16H2,2-5H3,(H,27,32)/t17-/m0/s1. The van der Waals surface area contributed by atoms with Crippen LogP contribution in [0.3, 0.4) is 0 Å². The molecule has 0 saturated carbocycles. The molecule has 0 bridgehead atoms. The Bertz CT molecular complexity index is 1230. The Morgan fingerprint density at radius 1 is 1.18 bits per heavy atom. The van der Waals surface area contributed by atoms with Crippen LogP contribution in [0.1, 0.15) is 33.3 Å². The fraction of sp³-hybridized carbons (Fsp3) is 0.308. The number of carbonyl (C=O) groups excluding carboxylic acids is 2. The minimum atomic E-state index is -0.470. The lowest BCUT2D eigenvalue weighted by molar-refractivity contribution is -0.121. The predicted octanol–water partition coefficient (Wildman–Crippen LogP) is 4.89. The van der Waals surface area contributed by atoms with E-state index in [1.807, 2.05) is 29.7 Å². The molecule has 2 amide bonds. The van der Waals surface area contributed by atoms with Gasteiger partial charge in [-0.3, -0.25) is 19.1 Å². The molecule has 2 aromatic carbocycles. The fourth-order valence-corrected chi connectivity index (χ4v) is 4.78. The average molecular weight is 476 g/mol. The van der Waals surface area contributed by atoms with Crippen molar-refractivity contribution in [2.24, 2.45) is 0 Å². The van der Waals surface area contributed by atoms with E-state index in [1.165, 1.54) is 22.2 Å². The van der Waals surface area contributed by atoms with Gasteiger partial charge in [0.05, 0.1) is 16.6 Å². The van der Waals surface area contributed by atoms with Crippen LogP contribution in [0.5, 0.6) is 0 Å². The number of allylic oxidation sites excluding steroid dienone is 1. The summed E-state index contributed by atoms with van der Waals surface area (Å²) in [5.74, 6) is 0.363. The van der Waals surface area contributed by atoms with E-state index in [1.54, 1.807) is 12.1 Å². The summed E-state index contributed by atoms with van der Waals surface area (Å²) in [5, 5.41) is 11.8. The second-order valence-corrected chi connectivity index (χ2v) is 10.6. The maximum atomic E-state index is 13.3. The Morgan fingerprint density at radius 3 is 2.56 bits per heavy atom. The summed E-state index contributed by atoms with van der Waals surface area (Å²) >= 11 is 1.33. The van der Waals surface area contributed by atoms with Crippen LogP contribution in [0.15, 0.2) is 66.3 Å². The number of thioether (sulfide) groups is 1. The molecule has 8 heteroatoms. The SMILES string of the molecule is C=CCn1c(S[C@@H](C)C(=O)N2CC(=O)Nc3ccccc32)nnc1-c1ccc(C(C)(C)C)cc1. The molecule has 7 nitrogen and oxygen atoms in total. The van der Waals surface area contributed by atoms with Crippen molar-refractivity contribution in [1.29, 1.82) is 0 Å². The molecule has 1 N–H and O–H groups in total. The third kappa shape index (κ3) is 4.77. The van der Waals surface area contributed by atoms with Gasteiger partial charge in [-0.05, 0) is 30.0 Å². The minimum Gasteiger partial charge on any atom is -0.323 e. The third-order valence-corrected chi connectivity index (χ3v) is 6.77. The molecule has 34 heavy (non-hydrogen) atoms. The van der Waals surface area contributed by atoms with Crippen LogP contribution in [-0.4, -0.2) is 38.4 Å². The van der Waals surface area contributed by atoms with E-state index in [-0.39, 0.29) is 23.8 Å². The molecule has 0 unspecified atom stereocenters. The molecule has 0 radical (unpaired) electrons. The van der Waals surface area contributed by atoms with E-state index in [0.717, 1.165) is 11.4 Å². The van der Waals surface area contributed by atoms with Crippen molar-refractivity contribution in [3.05, 3.63) is 66.7 Å². The first-order chi connectivity index (χ1) is 16.2. The number of hydrogen-bond acceptors (Lipinski definition) is 5. The Hall–Kier alpha value is -3.39. The lowest BCUT2D eigenvalue weighted by Gasteiger charge is -2.30. The molecule has 0 aliphatic carbocycles. The smallest absolute Gasteiger partial charge is 0.244 e. The van der Waals surface area contributed by atoms with Gasteiger partial charge in [0.2, 0.25) is 11.8 Å². The number of amides is 2. The van der Waals surface area contributed by atoms with Crippen molar-refractivity contribution in [3.63, 3.8) is 0 Å².